The number of anilines is 1. The molecule has 3 rings (SSSR count). The number of hydrogen-bond acceptors (Lipinski definition) is 3. The summed E-state index contributed by atoms with van der Waals surface area (Å²) in [7, 11) is 0. The number of fused-ring (bicyclic) bond motifs is 2. The molecule has 2 saturated heterocycles. The van der Waals surface area contributed by atoms with Gasteiger partial charge in [0.05, 0.1) is 29.5 Å². The Morgan fingerprint density at radius 3 is 2.94 bits per heavy atom. The molecular formula is C13H13BrN2O. The second-order valence-corrected chi connectivity index (χ2v) is 5.58. The van der Waals surface area contributed by atoms with Crippen molar-refractivity contribution in [2.24, 2.45) is 0 Å². The molecule has 0 aliphatic carbocycles. The molecular weight excluding hydrogens is 280 g/mol. The van der Waals surface area contributed by atoms with E-state index in [4.69, 9.17) is 10.00 Å². The molecule has 0 spiro atoms. The molecule has 0 unspecified atom stereocenters. The first-order valence-corrected chi connectivity index (χ1v) is 6.67. The van der Waals surface area contributed by atoms with Gasteiger partial charge in [-0.1, -0.05) is 15.9 Å². The molecule has 0 saturated carbocycles. The SMILES string of the molecule is N#Cc1cc(Br)ccc1N[C@H]1C[C@@H]2CC[C@@H]1O2. The highest BCUT2D eigenvalue weighted by molar-refractivity contribution is 9.10. The molecule has 88 valence electrons. The van der Waals surface area contributed by atoms with Crippen molar-refractivity contribution in [3.8, 4) is 6.07 Å². The van der Waals surface area contributed by atoms with E-state index in [1.54, 1.807) is 0 Å². The summed E-state index contributed by atoms with van der Waals surface area (Å²) in [6.45, 7) is 0. The van der Waals surface area contributed by atoms with Crippen LogP contribution in [0.3, 0.4) is 0 Å². The molecule has 1 aromatic carbocycles. The van der Waals surface area contributed by atoms with E-state index in [0.717, 1.165) is 23.0 Å². The van der Waals surface area contributed by atoms with Crippen LogP contribution in [0.5, 0.6) is 0 Å². The van der Waals surface area contributed by atoms with Gasteiger partial charge in [0.2, 0.25) is 0 Å². The van der Waals surface area contributed by atoms with Crippen LogP contribution < -0.4 is 5.32 Å². The van der Waals surface area contributed by atoms with Crippen LogP contribution >= 0.6 is 15.9 Å². The fourth-order valence-corrected chi connectivity index (χ4v) is 3.09. The summed E-state index contributed by atoms with van der Waals surface area (Å²) in [6.07, 6.45) is 4.15. The standard InChI is InChI=1S/C13H13BrN2O/c14-9-1-3-11(8(5-9)7-15)16-12-6-10-2-4-13(12)17-10/h1,3,5,10,12-13,16H,2,4,6H2/t10-,12-,13-/m0/s1. The second-order valence-electron chi connectivity index (χ2n) is 4.66. The highest BCUT2D eigenvalue weighted by atomic mass is 79.9. The molecule has 1 aromatic rings. The van der Waals surface area contributed by atoms with E-state index >= 15 is 0 Å². The Labute approximate surface area is 109 Å². The highest BCUT2D eigenvalue weighted by Crippen LogP contribution is 2.36. The Hall–Kier alpha value is -1.05. The van der Waals surface area contributed by atoms with Crippen LogP contribution in [0.15, 0.2) is 22.7 Å². The number of ether oxygens (including phenoxy) is 1. The highest BCUT2D eigenvalue weighted by Gasteiger charge is 2.40. The molecule has 0 amide bonds. The van der Waals surface area contributed by atoms with Crippen molar-refractivity contribution in [2.75, 3.05) is 5.32 Å². The van der Waals surface area contributed by atoms with Crippen molar-refractivity contribution in [1.82, 2.24) is 0 Å². The Bertz CT molecular complexity index is 483. The Morgan fingerprint density at radius 2 is 2.29 bits per heavy atom. The molecule has 4 heteroatoms. The van der Waals surface area contributed by atoms with Crippen LogP contribution in [0.2, 0.25) is 0 Å². The van der Waals surface area contributed by atoms with Crippen molar-refractivity contribution in [3.05, 3.63) is 28.2 Å². The lowest BCUT2D eigenvalue weighted by atomic mass is 9.95. The number of halogens is 1. The first kappa shape index (κ1) is 11.1. The molecule has 1 N–H and O–H groups in total. The molecule has 0 aromatic heterocycles. The third-order valence-corrected chi connectivity index (χ3v) is 4.04. The van der Waals surface area contributed by atoms with E-state index in [2.05, 4.69) is 27.3 Å². The first-order valence-electron chi connectivity index (χ1n) is 5.88. The fraction of sp³-hybridized carbons (Fsp3) is 0.462. The molecule has 0 radical (unpaired) electrons. The molecule has 2 aliphatic rings. The van der Waals surface area contributed by atoms with Gasteiger partial charge in [0, 0.05) is 4.47 Å². The third kappa shape index (κ3) is 2.05. The van der Waals surface area contributed by atoms with E-state index in [-0.39, 0.29) is 0 Å². The quantitative estimate of drug-likeness (QED) is 0.911. The first-order chi connectivity index (χ1) is 8.26. The van der Waals surface area contributed by atoms with Gasteiger partial charge >= 0.3 is 0 Å². The zero-order valence-corrected chi connectivity index (χ0v) is 10.9. The molecule has 17 heavy (non-hydrogen) atoms. The number of nitriles is 1. The average molecular weight is 293 g/mol. The normalized spacial score (nSPS) is 30.2. The van der Waals surface area contributed by atoms with E-state index in [1.807, 2.05) is 18.2 Å². The lowest BCUT2D eigenvalue weighted by molar-refractivity contribution is 0.102. The average Bonchev–Trinajstić information content (AvgIpc) is 2.93. The number of benzene rings is 1. The van der Waals surface area contributed by atoms with Gasteiger partial charge in [-0.25, -0.2) is 0 Å². The maximum Gasteiger partial charge on any atom is 0.101 e. The minimum absolute atomic E-state index is 0.329. The van der Waals surface area contributed by atoms with Crippen LogP contribution in [0.4, 0.5) is 5.69 Å². The number of rotatable bonds is 2. The Kier molecular flexibility index (Phi) is 2.81. The summed E-state index contributed by atoms with van der Waals surface area (Å²) < 4.78 is 6.73. The number of hydrogen-bond donors (Lipinski definition) is 1. The van der Waals surface area contributed by atoms with E-state index < -0.39 is 0 Å². The monoisotopic (exact) mass is 292 g/mol. The zero-order chi connectivity index (χ0) is 11.8. The van der Waals surface area contributed by atoms with Crippen LogP contribution in [0, 0.1) is 11.3 Å². The summed E-state index contributed by atoms with van der Waals surface area (Å²) in [5.74, 6) is 0. The minimum atomic E-state index is 0.329. The van der Waals surface area contributed by atoms with Gasteiger partial charge in [0.25, 0.3) is 0 Å². The van der Waals surface area contributed by atoms with Gasteiger partial charge < -0.3 is 10.1 Å². The van der Waals surface area contributed by atoms with E-state index in [0.29, 0.717) is 23.8 Å². The van der Waals surface area contributed by atoms with Crippen LogP contribution in [-0.2, 0) is 4.74 Å². The summed E-state index contributed by atoms with van der Waals surface area (Å²) in [6, 6.07) is 8.34. The number of nitrogens with one attached hydrogen (secondary N) is 1. The Morgan fingerprint density at radius 1 is 1.41 bits per heavy atom. The molecule has 2 aliphatic heterocycles. The zero-order valence-electron chi connectivity index (χ0n) is 9.32. The van der Waals surface area contributed by atoms with Crippen molar-refractivity contribution in [1.29, 1.82) is 5.26 Å². The molecule has 2 heterocycles. The van der Waals surface area contributed by atoms with Crippen molar-refractivity contribution < 1.29 is 4.74 Å². The maximum absolute atomic E-state index is 9.11. The lowest BCUT2D eigenvalue weighted by Crippen LogP contribution is -2.30. The fourth-order valence-electron chi connectivity index (χ4n) is 2.72. The van der Waals surface area contributed by atoms with Gasteiger partial charge in [-0.15, -0.1) is 0 Å². The van der Waals surface area contributed by atoms with Crippen molar-refractivity contribution in [3.63, 3.8) is 0 Å². The largest absolute Gasteiger partial charge is 0.379 e. The van der Waals surface area contributed by atoms with Crippen molar-refractivity contribution in [2.45, 2.75) is 37.5 Å². The van der Waals surface area contributed by atoms with Gasteiger partial charge in [-0.3, -0.25) is 0 Å². The third-order valence-electron chi connectivity index (χ3n) is 3.55. The van der Waals surface area contributed by atoms with Crippen molar-refractivity contribution >= 4 is 21.6 Å². The molecule has 2 bridgehead atoms. The van der Waals surface area contributed by atoms with Gasteiger partial charge in [0.1, 0.15) is 6.07 Å². The summed E-state index contributed by atoms with van der Waals surface area (Å²) in [5.41, 5.74) is 1.60. The summed E-state index contributed by atoms with van der Waals surface area (Å²) in [5, 5.41) is 12.6. The van der Waals surface area contributed by atoms with Gasteiger partial charge in [-0.05, 0) is 37.5 Å². The van der Waals surface area contributed by atoms with Gasteiger partial charge in [-0.2, -0.15) is 5.26 Å². The van der Waals surface area contributed by atoms with Crippen LogP contribution in [0.25, 0.3) is 0 Å². The molecule has 3 nitrogen and oxygen atoms in total. The number of nitrogens with zero attached hydrogens (tertiary/aromatic N) is 1. The predicted octanol–water partition coefficient (Wildman–Crippen LogP) is 3.05. The van der Waals surface area contributed by atoms with E-state index in [9.17, 15) is 0 Å². The summed E-state index contributed by atoms with van der Waals surface area (Å²) in [4.78, 5) is 0. The second kappa shape index (κ2) is 4.32. The van der Waals surface area contributed by atoms with Gasteiger partial charge in [0.15, 0.2) is 0 Å². The predicted molar refractivity (Wildman–Crippen MR) is 68.8 cm³/mol. The topological polar surface area (TPSA) is 45.0 Å². The smallest absolute Gasteiger partial charge is 0.101 e. The molecule has 2 fully saturated rings. The lowest BCUT2D eigenvalue weighted by Gasteiger charge is -2.21. The Balaban J connectivity index is 1.79. The van der Waals surface area contributed by atoms with Crippen LogP contribution in [0.1, 0.15) is 24.8 Å². The molecule has 3 atom stereocenters. The minimum Gasteiger partial charge on any atom is -0.379 e. The summed E-state index contributed by atoms with van der Waals surface area (Å²) >= 11 is 3.38. The van der Waals surface area contributed by atoms with E-state index in [1.165, 1.54) is 6.42 Å². The van der Waals surface area contributed by atoms with Crippen LogP contribution in [-0.4, -0.2) is 18.2 Å². The maximum atomic E-state index is 9.11.